The highest BCUT2D eigenvalue weighted by Gasteiger charge is 2.28. The van der Waals surface area contributed by atoms with E-state index in [4.69, 9.17) is 0 Å². The molecule has 1 atom stereocenters. The van der Waals surface area contributed by atoms with E-state index in [1.54, 1.807) is 15.9 Å². The fraction of sp³-hybridized carbons (Fsp3) is 0.389. The average Bonchev–Trinajstić information content (AvgIpc) is 3.38. The average molecular weight is 382 g/mol. The molecule has 0 unspecified atom stereocenters. The zero-order chi connectivity index (χ0) is 19.5. The largest absolute Gasteiger partial charge is 0.388 e. The Bertz CT molecular complexity index is 952. The molecule has 0 radical (unpaired) electrons. The summed E-state index contributed by atoms with van der Waals surface area (Å²) in [7, 11) is 1.84. The number of anilines is 1. The molecule has 1 aliphatic rings. The topological polar surface area (TPSA) is 114 Å². The quantitative estimate of drug-likeness (QED) is 0.703. The van der Waals surface area contributed by atoms with Gasteiger partial charge in [-0.15, -0.1) is 10.2 Å². The molecule has 28 heavy (non-hydrogen) atoms. The number of benzene rings is 1. The Labute approximate surface area is 161 Å². The van der Waals surface area contributed by atoms with Crippen molar-refractivity contribution in [1.82, 2.24) is 34.4 Å². The lowest BCUT2D eigenvalue weighted by atomic mass is 9.97. The Morgan fingerprint density at radius 3 is 3.00 bits per heavy atom. The van der Waals surface area contributed by atoms with Crippen LogP contribution in [0.4, 0.5) is 10.5 Å². The third-order valence-electron chi connectivity index (χ3n) is 4.99. The van der Waals surface area contributed by atoms with Gasteiger partial charge in [0.25, 0.3) is 0 Å². The van der Waals surface area contributed by atoms with Crippen molar-refractivity contribution in [2.45, 2.75) is 25.4 Å². The Kier molecular flexibility index (Phi) is 5.02. The van der Waals surface area contributed by atoms with Gasteiger partial charge in [-0.2, -0.15) is 5.10 Å². The second-order valence-electron chi connectivity index (χ2n) is 6.80. The predicted octanol–water partition coefficient (Wildman–Crippen LogP) is 1.30. The highest BCUT2D eigenvalue weighted by Crippen LogP contribution is 2.26. The van der Waals surface area contributed by atoms with Gasteiger partial charge in [0, 0.05) is 31.7 Å². The van der Waals surface area contributed by atoms with Crippen LogP contribution in [0.5, 0.6) is 0 Å². The van der Waals surface area contributed by atoms with Crippen LogP contribution in [0.3, 0.4) is 0 Å². The van der Waals surface area contributed by atoms with E-state index >= 15 is 0 Å². The summed E-state index contributed by atoms with van der Waals surface area (Å²) in [6, 6.07) is 7.31. The number of hydrogen-bond donors (Lipinski definition) is 2. The molecular weight excluding hydrogens is 360 g/mol. The Balaban J connectivity index is 1.45. The number of aliphatic hydroxyl groups is 1. The molecule has 1 fully saturated rings. The van der Waals surface area contributed by atoms with Crippen molar-refractivity contribution in [2.75, 3.05) is 18.4 Å². The van der Waals surface area contributed by atoms with E-state index in [0.717, 1.165) is 24.4 Å². The summed E-state index contributed by atoms with van der Waals surface area (Å²) >= 11 is 0. The molecule has 0 spiro atoms. The van der Waals surface area contributed by atoms with E-state index in [1.807, 2.05) is 35.9 Å². The lowest BCUT2D eigenvalue weighted by molar-refractivity contribution is 0.190. The van der Waals surface area contributed by atoms with E-state index in [0.29, 0.717) is 24.6 Å². The smallest absolute Gasteiger partial charge is 0.321 e. The van der Waals surface area contributed by atoms with Gasteiger partial charge in [-0.05, 0) is 31.0 Å². The van der Waals surface area contributed by atoms with Gasteiger partial charge in [0.2, 0.25) is 0 Å². The first-order chi connectivity index (χ1) is 13.7. The van der Waals surface area contributed by atoms with Gasteiger partial charge in [-0.1, -0.05) is 6.07 Å². The minimum atomic E-state index is -0.150. The molecule has 1 saturated heterocycles. The third-order valence-corrected chi connectivity index (χ3v) is 4.99. The van der Waals surface area contributed by atoms with E-state index in [2.05, 4.69) is 25.6 Å². The maximum absolute atomic E-state index is 12.8. The summed E-state index contributed by atoms with van der Waals surface area (Å²) in [6.45, 7) is 1.10. The molecule has 2 aromatic heterocycles. The molecule has 2 N–H and O–H groups in total. The standard InChI is InChI=1S/C18H22N8O2/c1-24-16(10-27)22-23-17(24)13-4-3-7-25(9-13)18(28)21-14-5-2-6-15(8-14)26-12-19-11-20-26/h2,5-6,8,11-13,27H,3-4,7,9-10H2,1H3,(H,21,28)/t13-/m0/s1. The molecule has 1 aliphatic heterocycles. The van der Waals surface area contributed by atoms with Crippen molar-refractivity contribution in [3.8, 4) is 5.69 Å². The monoisotopic (exact) mass is 382 g/mol. The minimum absolute atomic E-state index is 0.0961. The molecule has 3 heterocycles. The molecular formula is C18H22N8O2. The van der Waals surface area contributed by atoms with Crippen molar-refractivity contribution in [3.05, 3.63) is 48.6 Å². The van der Waals surface area contributed by atoms with Crippen LogP contribution in [-0.4, -0.2) is 58.7 Å². The van der Waals surface area contributed by atoms with Crippen LogP contribution in [0.25, 0.3) is 5.69 Å². The first-order valence-electron chi connectivity index (χ1n) is 9.15. The first-order valence-corrected chi connectivity index (χ1v) is 9.15. The van der Waals surface area contributed by atoms with E-state index in [9.17, 15) is 9.90 Å². The van der Waals surface area contributed by atoms with E-state index in [-0.39, 0.29) is 18.6 Å². The van der Waals surface area contributed by atoms with Gasteiger partial charge in [0.1, 0.15) is 25.1 Å². The lowest BCUT2D eigenvalue weighted by Crippen LogP contribution is -2.42. The van der Waals surface area contributed by atoms with Gasteiger partial charge in [-0.25, -0.2) is 14.5 Å². The molecule has 146 valence electrons. The highest BCUT2D eigenvalue weighted by atomic mass is 16.3. The second kappa shape index (κ2) is 7.77. The van der Waals surface area contributed by atoms with Gasteiger partial charge in [0.15, 0.2) is 5.82 Å². The van der Waals surface area contributed by atoms with Crippen LogP contribution >= 0.6 is 0 Å². The van der Waals surface area contributed by atoms with Crippen molar-refractivity contribution in [1.29, 1.82) is 0 Å². The van der Waals surface area contributed by atoms with E-state index < -0.39 is 0 Å². The molecule has 3 aromatic rings. The summed E-state index contributed by atoms with van der Waals surface area (Å²) in [4.78, 5) is 18.5. The van der Waals surface area contributed by atoms with Gasteiger partial charge < -0.3 is 19.9 Å². The van der Waals surface area contributed by atoms with Gasteiger partial charge >= 0.3 is 6.03 Å². The molecule has 0 saturated carbocycles. The van der Waals surface area contributed by atoms with Crippen molar-refractivity contribution in [3.63, 3.8) is 0 Å². The van der Waals surface area contributed by atoms with Crippen LogP contribution in [0.15, 0.2) is 36.9 Å². The first kappa shape index (κ1) is 18.1. The molecule has 10 heteroatoms. The van der Waals surface area contributed by atoms with Crippen molar-refractivity contribution < 1.29 is 9.90 Å². The number of aromatic nitrogens is 6. The maximum Gasteiger partial charge on any atom is 0.321 e. The molecule has 0 bridgehead atoms. The van der Waals surface area contributed by atoms with Crippen LogP contribution in [-0.2, 0) is 13.7 Å². The number of carbonyl (C=O) groups excluding carboxylic acids is 1. The fourth-order valence-electron chi connectivity index (χ4n) is 3.51. The maximum atomic E-state index is 12.8. The minimum Gasteiger partial charge on any atom is -0.388 e. The number of urea groups is 1. The summed E-state index contributed by atoms with van der Waals surface area (Å²) < 4.78 is 3.45. The Morgan fingerprint density at radius 1 is 1.36 bits per heavy atom. The number of carbonyl (C=O) groups is 1. The molecule has 0 aliphatic carbocycles. The van der Waals surface area contributed by atoms with E-state index in [1.165, 1.54) is 6.33 Å². The zero-order valence-electron chi connectivity index (χ0n) is 15.6. The number of aliphatic hydroxyl groups excluding tert-OH is 1. The van der Waals surface area contributed by atoms with Crippen LogP contribution in [0.1, 0.15) is 30.4 Å². The number of nitrogens with zero attached hydrogens (tertiary/aromatic N) is 7. The summed E-state index contributed by atoms with van der Waals surface area (Å²) in [5.74, 6) is 1.43. The Hall–Kier alpha value is -3.27. The molecule has 2 amide bonds. The number of piperidine rings is 1. The van der Waals surface area contributed by atoms with Crippen molar-refractivity contribution in [2.24, 2.45) is 7.05 Å². The zero-order valence-corrected chi connectivity index (χ0v) is 15.6. The van der Waals surface area contributed by atoms with Gasteiger partial charge in [0.05, 0.1) is 5.69 Å². The van der Waals surface area contributed by atoms with Crippen LogP contribution in [0.2, 0.25) is 0 Å². The van der Waals surface area contributed by atoms with Crippen LogP contribution < -0.4 is 5.32 Å². The summed E-state index contributed by atoms with van der Waals surface area (Å²) in [5.41, 5.74) is 1.52. The molecule has 10 nitrogen and oxygen atoms in total. The van der Waals surface area contributed by atoms with Gasteiger partial charge in [-0.3, -0.25) is 0 Å². The Morgan fingerprint density at radius 2 is 2.25 bits per heavy atom. The number of likely N-dealkylation sites (tertiary alicyclic amines) is 1. The fourth-order valence-corrected chi connectivity index (χ4v) is 3.51. The number of rotatable bonds is 4. The highest BCUT2D eigenvalue weighted by molar-refractivity contribution is 5.89. The molecule has 1 aromatic carbocycles. The number of nitrogens with one attached hydrogen (secondary N) is 1. The third kappa shape index (κ3) is 3.58. The summed E-state index contributed by atoms with van der Waals surface area (Å²) in [5, 5.41) is 24.6. The normalized spacial score (nSPS) is 16.9. The van der Waals surface area contributed by atoms with Crippen molar-refractivity contribution >= 4 is 11.7 Å². The SMILES string of the molecule is Cn1c(CO)nnc1[C@H]1CCCN(C(=O)Nc2cccc(-n3cncn3)c2)C1. The number of hydrogen-bond acceptors (Lipinski definition) is 6. The number of amides is 2. The van der Waals surface area contributed by atoms with Crippen LogP contribution in [0, 0.1) is 0 Å². The second-order valence-corrected chi connectivity index (χ2v) is 6.80. The summed E-state index contributed by atoms with van der Waals surface area (Å²) in [6.07, 6.45) is 4.90. The molecule has 4 rings (SSSR count). The predicted molar refractivity (Wildman–Crippen MR) is 101 cm³/mol. The lowest BCUT2D eigenvalue weighted by Gasteiger charge is -2.32.